The van der Waals surface area contributed by atoms with Crippen LogP contribution in [0.15, 0.2) is 9.95 Å². The highest BCUT2D eigenvalue weighted by Gasteiger charge is 2.25. The Hall–Kier alpha value is -1.34. The first-order chi connectivity index (χ1) is 11.4. The number of fused-ring (bicyclic) bond motifs is 3. The molecule has 0 radical (unpaired) electrons. The predicted octanol–water partition coefficient (Wildman–Crippen LogP) is 2.82. The number of thioether (sulfide) groups is 1. The zero-order chi connectivity index (χ0) is 17.4. The van der Waals surface area contributed by atoms with Crippen LogP contribution in [0, 0.1) is 11.8 Å². The number of nitrogens with two attached hydrogens (primary N) is 1. The van der Waals surface area contributed by atoms with Crippen molar-refractivity contribution in [2.24, 2.45) is 17.6 Å². The van der Waals surface area contributed by atoms with Gasteiger partial charge in [-0.3, -0.25) is 14.2 Å². The summed E-state index contributed by atoms with van der Waals surface area (Å²) in [6.45, 7) is 7.00. The molecule has 2 N–H and O–H groups in total. The Balaban J connectivity index is 2.16. The van der Waals surface area contributed by atoms with Crippen LogP contribution in [0.3, 0.4) is 0 Å². The van der Waals surface area contributed by atoms with E-state index in [2.05, 4.69) is 20.8 Å². The molecular formula is C17H23N3O2S2. The van der Waals surface area contributed by atoms with Gasteiger partial charge in [0.2, 0.25) is 5.91 Å². The SMILES string of the molecule is CC(C)Cn1c(SCC(N)=O)nc2sc3c(c2c1=O)CCC(C)C3. The molecule has 2 heterocycles. The lowest BCUT2D eigenvalue weighted by molar-refractivity contribution is -0.115. The third kappa shape index (κ3) is 3.37. The van der Waals surface area contributed by atoms with E-state index in [9.17, 15) is 9.59 Å². The average molecular weight is 366 g/mol. The van der Waals surface area contributed by atoms with Crippen molar-refractivity contribution in [1.29, 1.82) is 0 Å². The van der Waals surface area contributed by atoms with E-state index < -0.39 is 5.91 Å². The van der Waals surface area contributed by atoms with Crippen LogP contribution < -0.4 is 11.3 Å². The number of aryl methyl sites for hydroxylation is 1. The van der Waals surface area contributed by atoms with Gasteiger partial charge in [-0.2, -0.15) is 0 Å². The molecule has 2 aromatic rings. The van der Waals surface area contributed by atoms with Gasteiger partial charge in [0.05, 0.1) is 11.1 Å². The van der Waals surface area contributed by atoms with Gasteiger partial charge in [-0.05, 0) is 36.7 Å². The van der Waals surface area contributed by atoms with Crippen LogP contribution in [-0.4, -0.2) is 21.2 Å². The maximum absolute atomic E-state index is 13.1. The van der Waals surface area contributed by atoms with E-state index >= 15 is 0 Å². The first-order valence-corrected chi connectivity index (χ1v) is 10.1. The molecule has 1 aliphatic rings. The number of carbonyl (C=O) groups is 1. The Morgan fingerprint density at radius 3 is 2.92 bits per heavy atom. The summed E-state index contributed by atoms with van der Waals surface area (Å²) >= 11 is 2.90. The van der Waals surface area contributed by atoms with Gasteiger partial charge in [0.1, 0.15) is 4.83 Å². The largest absolute Gasteiger partial charge is 0.369 e. The van der Waals surface area contributed by atoms with Gasteiger partial charge in [-0.15, -0.1) is 11.3 Å². The summed E-state index contributed by atoms with van der Waals surface area (Å²) in [7, 11) is 0. The molecule has 0 saturated carbocycles. The van der Waals surface area contributed by atoms with Gasteiger partial charge >= 0.3 is 0 Å². The van der Waals surface area contributed by atoms with Crippen LogP contribution in [-0.2, 0) is 24.2 Å². The second kappa shape index (κ2) is 6.88. The minimum atomic E-state index is -0.398. The highest BCUT2D eigenvalue weighted by molar-refractivity contribution is 7.99. The highest BCUT2D eigenvalue weighted by Crippen LogP contribution is 2.36. The summed E-state index contributed by atoms with van der Waals surface area (Å²) in [5.41, 5.74) is 6.50. The summed E-state index contributed by atoms with van der Waals surface area (Å²) in [5.74, 6) is 0.722. The van der Waals surface area contributed by atoms with E-state index in [0.717, 1.165) is 29.5 Å². The van der Waals surface area contributed by atoms with Crippen molar-refractivity contribution in [1.82, 2.24) is 9.55 Å². The Labute approximate surface area is 149 Å². The first-order valence-electron chi connectivity index (χ1n) is 8.33. The molecule has 0 saturated heterocycles. The number of aromatic nitrogens is 2. The van der Waals surface area contributed by atoms with Gasteiger partial charge in [-0.25, -0.2) is 4.98 Å². The quantitative estimate of drug-likeness (QED) is 0.653. The second-order valence-corrected chi connectivity index (χ2v) is 9.02. The molecule has 0 aliphatic heterocycles. The van der Waals surface area contributed by atoms with Crippen molar-refractivity contribution in [3.63, 3.8) is 0 Å². The molecule has 2 aromatic heterocycles. The molecule has 1 atom stereocenters. The molecule has 130 valence electrons. The fourth-order valence-electron chi connectivity index (χ4n) is 3.18. The molecule has 0 spiro atoms. The van der Waals surface area contributed by atoms with Crippen LogP contribution in [0.1, 0.15) is 37.6 Å². The summed E-state index contributed by atoms with van der Waals surface area (Å²) in [6.07, 6.45) is 3.12. The van der Waals surface area contributed by atoms with Crippen LogP contribution in [0.4, 0.5) is 0 Å². The summed E-state index contributed by atoms with van der Waals surface area (Å²) in [4.78, 5) is 31.1. The van der Waals surface area contributed by atoms with Crippen LogP contribution in [0.25, 0.3) is 10.2 Å². The number of hydrogen-bond acceptors (Lipinski definition) is 5. The van der Waals surface area contributed by atoms with E-state index in [1.165, 1.54) is 22.2 Å². The number of hydrogen-bond donors (Lipinski definition) is 1. The first kappa shape index (κ1) is 17.5. The fourth-order valence-corrected chi connectivity index (χ4v) is 5.35. The Morgan fingerprint density at radius 1 is 1.50 bits per heavy atom. The lowest BCUT2D eigenvalue weighted by Crippen LogP contribution is -2.26. The van der Waals surface area contributed by atoms with Gasteiger partial charge in [0, 0.05) is 11.4 Å². The number of amides is 1. The number of primary amides is 1. The molecule has 1 amide bonds. The number of carbonyl (C=O) groups excluding carboxylic acids is 1. The van der Waals surface area contributed by atoms with Crippen molar-refractivity contribution in [2.45, 2.75) is 51.7 Å². The maximum atomic E-state index is 13.1. The van der Waals surface area contributed by atoms with E-state index in [-0.39, 0.29) is 11.3 Å². The molecule has 0 aromatic carbocycles. The predicted molar refractivity (Wildman–Crippen MR) is 99.8 cm³/mol. The Kier molecular flexibility index (Phi) is 5.01. The molecule has 24 heavy (non-hydrogen) atoms. The third-order valence-electron chi connectivity index (χ3n) is 4.27. The van der Waals surface area contributed by atoms with Crippen molar-refractivity contribution in [3.05, 3.63) is 20.8 Å². The summed E-state index contributed by atoms with van der Waals surface area (Å²) < 4.78 is 1.73. The fraction of sp³-hybridized carbons (Fsp3) is 0.588. The Bertz CT molecular complexity index is 838. The topological polar surface area (TPSA) is 78.0 Å². The lowest BCUT2D eigenvalue weighted by atomic mass is 9.89. The maximum Gasteiger partial charge on any atom is 0.263 e. The minimum absolute atomic E-state index is 0.0349. The molecule has 0 fully saturated rings. The second-order valence-electron chi connectivity index (χ2n) is 6.99. The molecule has 7 heteroatoms. The zero-order valence-electron chi connectivity index (χ0n) is 14.3. The van der Waals surface area contributed by atoms with E-state index in [1.807, 2.05) is 0 Å². The molecule has 0 bridgehead atoms. The monoisotopic (exact) mass is 365 g/mol. The van der Waals surface area contributed by atoms with Crippen LogP contribution >= 0.6 is 23.1 Å². The number of thiophene rings is 1. The van der Waals surface area contributed by atoms with Crippen LogP contribution in [0.2, 0.25) is 0 Å². The summed E-state index contributed by atoms with van der Waals surface area (Å²) in [6, 6.07) is 0. The van der Waals surface area contributed by atoms with Gasteiger partial charge in [0.15, 0.2) is 5.16 Å². The molecule has 1 unspecified atom stereocenters. The third-order valence-corrected chi connectivity index (χ3v) is 6.42. The normalized spacial score (nSPS) is 17.4. The Morgan fingerprint density at radius 2 is 2.25 bits per heavy atom. The minimum Gasteiger partial charge on any atom is -0.369 e. The van der Waals surface area contributed by atoms with Crippen molar-refractivity contribution in [2.75, 3.05) is 5.75 Å². The molecule has 3 rings (SSSR count). The van der Waals surface area contributed by atoms with Gasteiger partial charge < -0.3 is 5.73 Å². The lowest BCUT2D eigenvalue weighted by Gasteiger charge is -2.18. The van der Waals surface area contributed by atoms with Crippen LogP contribution in [0.5, 0.6) is 0 Å². The number of rotatable bonds is 5. The van der Waals surface area contributed by atoms with Gasteiger partial charge in [-0.1, -0.05) is 32.5 Å². The molecule has 1 aliphatic carbocycles. The zero-order valence-corrected chi connectivity index (χ0v) is 15.9. The standard InChI is InChI=1S/C17H23N3O2S2/c1-9(2)7-20-16(22)14-11-5-4-10(3)6-12(11)24-15(14)19-17(20)23-8-13(18)21/h9-10H,4-8H2,1-3H3,(H2,18,21). The number of nitrogens with zero attached hydrogens (tertiary/aromatic N) is 2. The van der Waals surface area contributed by atoms with Crippen molar-refractivity contribution < 1.29 is 4.79 Å². The summed E-state index contributed by atoms with van der Waals surface area (Å²) in [5, 5.41) is 1.40. The van der Waals surface area contributed by atoms with Crippen molar-refractivity contribution >= 4 is 39.2 Å². The average Bonchev–Trinajstić information content (AvgIpc) is 2.85. The highest BCUT2D eigenvalue weighted by atomic mass is 32.2. The molecular weight excluding hydrogens is 342 g/mol. The molecule has 5 nitrogen and oxygen atoms in total. The smallest absolute Gasteiger partial charge is 0.263 e. The van der Waals surface area contributed by atoms with Crippen molar-refractivity contribution in [3.8, 4) is 0 Å². The van der Waals surface area contributed by atoms with E-state index in [4.69, 9.17) is 10.7 Å². The van der Waals surface area contributed by atoms with Gasteiger partial charge in [0.25, 0.3) is 5.56 Å². The van der Waals surface area contributed by atoms with E-state index in [1.54, 1.807) is 15.9 Å². The van der Waals surface area contributed by atoms with E-state index in [0.29, 0.717) is 23.5 Å².